The van der Waals surface area contributed by atoms with Crippen LogP contribution in [0.25, 0.3) is 0 Å². The third-order valence-corrected chi connectivity index (χ3v) is 8.34. The van der Waals surface area contributed by atoms with E-state index in [1.54, 1.807) is 18.2 Å². The molecule has 0 unspecified atom stereocenters. The molecule has 2 aliphatic rings. The average molecular weight is 623 g/mol. The maximum Gasteiger partial charge on any atom is 0.343 e. The Hall–Kier alpha value is -4.21. The number of Topliss-reactive ketones (excluding diaryl/α,β-unsaturated/α-hetero) is 1. The number of fused-ring (bicyclic) bond motifs is 1. The largest absolute Gasteiger partial charge is 0.497 e. The van der Waals surface area contributed by atoms with Gasteiger partial charge >= 0.3 is 5.97 Å². The summed E-state index contributed by atoms with van der Waals surface area (Å²) in [6.45, 7) is 1.42. The number of imide groups is 1. The molecule has 1 heterocycles. The molecule has 0 radical (unpaired) electrons. The van der Waals surface area contributed by atoms with Crippen molar-refractivity contribution in [1.29, 1.82) is 0 Å². The number of amides is 3. The second-order valence-electron chi connectivity index (χ2n) is 10.7. The van der Waals surface area contributed by atoms with Crippen LogP contribution in [0.4, 0.5) is 0 Å². The minimum absolute atomic E-state index is 0.0116. The van der Waals surface area contributed by atoms with Crippen molar-refractivity contribution in [3.8, 4) is 11.5 Å². The Morgan fingerprint density at radius 1 is 0.884 bits per heavy atom. The summed E-state index contributed by atoms with van der Waals surface area (Å²) in [5, 5.41) is 2.01. The van der Waals surface area contributed by atoms with Gasteiger partial charge in [0.05, 0.1) is 35.1 Å². The van der Waals surface area contributed by atoms with Gasteiger partial charge in [-0.3, -0.25) is 19.2 Å². The van der Waals surface area contributed by atoms with Crippen LogP contribution in [0.2, 0.25) is 10.0 Å². The minimum atomic E-state index is -0.785. The molecule has 3 aromatic carbocycles. The lowest BCUT2D eigenvalue weighted by molar-refractivity contribution is -0.154. The van der Waals surface area contributed by atoms with E-state index in [1.807, 2.05) is 6.92 Å². The van der Waals surface area contributed by atoms with Crippen LogP contribution in [0, 0.1) is 17.8 Å². The van der Waals surface area contributed by atoms with Gasteiger partial charge in [-0.2, -0.15) is 5.01 Å². The molecule has 0 aromatic heterocycles. The van der Waals surface area contributed by atoms with Crippen molar-refractivity contribution in [1.82, 2.24) is 10.0 Å². The molecule has 5 rings (SSSR count). The van der Waals surface area contributed by atoms with Crippen molar-refractivity contribution in [2.75, 3.05) is 13.7 Å². The molecule has 0 bridgehead atoms. The van der Waals surface area contributed by atoms with E-state index in [0.29, 0.717) is 23.6 Å². The first-order chi connectivity index (χ1) is 20.6. The number of rotatable bonds is 8. The second-order valence-corrected chi connectivity index (χ2v) is 11.5. The molecule has 0 N–H and O–H groups in total. The molecule has 43 heavy (non-hydrogen) atoms. The van der Waals surface area contributed by atoms with Gasteiger partial charge < -0.3 is 9.47 Å². The quantitative estimate of drug-likeness (QED) is 0.133. The molecule has 9 nitrogen and oxygen atoms in total. The summed E-state index contributed by atoms with van der Waals surface area (Å²) in [4.78, 5) is 66.8. The number of benzene rings is 3. The number of hydrogen-bond donors (Lipinski definition) is 0. The maximum absolute atomic E-state index is 13.8. The molecule has 3 amide bonds. The number of esters is 1. The van der Waals surface area contributed by atoms with Crippen LogP contribution < -0.4 is 9.47 Å². The van der Waals surface area contributed by atoms with E-state index >= 15 is 0 Å². The summed E-state index contributed by atoms with van der Waals surface area (Å²) < 4.78 is 10.5. The fourth-order valence-corrected chi connectivity index (χ4v) is 5.99. The van der Waals surface area contributed by atoms with E-state index < -0.39 is 47.9 Å². The van der Waals surface area contributed by atoms with Gasteiger partial charge in [0.25, 0.3) is 17.7 Å². The number of nitrogens with zero attached hydrogens (tertiary/aromatic N) is 2. The Balaban J connectivity index is 1.38. The van der Waals surface area contributed by atoms with Crippen molar-refractivity contribution >= 4 is 52.7 Å². The van der Waals surface area contributed by atoms with E-state index in [0.717, 1.165) is 16.4 Å². The number of carbonyl (C=O) groups is 5. The molecular weight excluding hydrogens is 595 g/mol. The number of carbonyl (C=O) groups excluding carboxylic acids is 5. The van der Waals surface area contributed by atoms with Crippen LogP contribution >= 0.6 is 23.2 Å². The Labute approximate surface area is 258 Å². The summed E-state index contributed by atoms with van der Waals surface area (Å²) in [6.07, 6.45) is 1.85. The summed E-state index contributed by atoms with van der Waals surface area (Å²) in [5.41, 5.74) is 0.443. The van der Waals surface area contributed by atoms with Gasteiger partial charge in [-0.15, -0.1) is 0 Å². The van der Waals surface area contributed by atoms with Gasteiger partial charge in [0.15, 0.2) is 5.78 Å². The van der Waals surface area contributed by atoms with Crippen molar-refractivity contribution in [3.05, 3.63) is 93.5 Å². The number of ketones is 1. The lowest BCUT2D eigenvalue weighted by atomic mass is 9.76. The monoisotopic (exact) mass is 622 g/mol. The second kappa shape index (κ2) is 12.6. The van der Waals surface area contributed by atoms with E-state index in [9.17, 15) is 24.0 Å². The topological polar surface area (TPSA) is 110 Å². The van der Waals surface area contributed by atoms with Crippen molar-refractivity contribution < 1.29 is 33.4 Å². The molecule has 1 saturated heterocycles. The molecule has 3 aromatic rings. The Morgan fingerprint density at radius 2 is 1.60 bits per heavy atom. The van der Waals surface area contributed by atoms with Gasteiger partial charge in [-0.05, 0) is 85.8 Å². The van der Waals surface area contributed by atoms with Crippen LogP contribution in [0.1, 0.15) is 57.3 Å². The molecule has 3 atom stereocenters. The predicted molar refractivity (Wildman–Crippen MR) is 158 cm³/mol. The average Bonchev–Trinajstić information content (AvgIpc) is 3.24. The first-order valence-corrected chi connectivity index (χ1v) is 14.5. The number of methoxy groups -OCH3 is 1. The molecule has 2 fully saturated rings. The van der Waals surface area contributed by atoms with Crippen LogP contribution in [0.15, 0.2) is 66.7 Å². The van der Waals surface area contributed by atoms with Gasteiger partial charge in [0.2, 0.25) is 0 Å². The van der Waals surface area contributed by atoms with E-state index in [-0.39, 0.29) is 33.4 Å². The Morgan fingerprint density at radius 3 is 2.30 bits per heavy atom. The van der Waals surface area contributed by atoms with Crippen LogP contribution in [-0.4, -0.2) is 53.1 Å². The number of hydrogen-bond acceptors (Lipinski definition) is 7. The highest BCUT2D eigenvalue weighted by Crippen LogP contribution is 2.41. The predicted octanol–water partition coefficient (Wildman–Crippen LogP) is 5.88. The molecule has 1 aliphatic carbocycles. The van der Waals surface area contributed by atoms with Crippen LogP contribution in [0.3, 0.4) is 0 Å². The number of hydrazine groups is 1. The first kappa shape index (κ1) is 30.3. The van der Waals surface area contributed by atoms with Crippen LogP contribution in [0.5, 0.6) is 11.5 Å². The Kier molecular flexibility index (Phi) is 8.84. The van der Waals surface area contributed by atoms with E-state index in [2.05, 4.69) is 0 Å². The number of halogens is 2. The molecule has 1 saturated carbocycles. The summed E-state index contributed by atoms with van der Waals surface area (Å²) in [5.74, 6) is -3.12. The highest BCUT2D eigenvalue weighted by Gasteiger charge is 2.53. The fraction of sp³-hybridized carbons (Fsp3) is 0.281. The zero-order valence-electron chi connectivity index (χ0n) is 23.4. The number of ether oxygens (including phenoxy) is 2. The van der Waals surface area contributed by atoms with Gasteiger partial charge in [-0.25, -0.2) is 9.80 Å². The molecule has 1 aliphatic heterocycles. The zero-order valence-corrected chi connectivity index (χ0v) is 24.9. The summed E-state index contributed by atoms with van der Waals surface area (Å²) >= 11 is 12.3. The van der Waals surface area contributed by atoms with E-state index in [1.165, 1.54) is 55.6 Å². The van der Waals surface area contributed by atoms with Crippen molar-refractivity contribution in [2.45, 2.75) is 26.2 Å². The van der Waals surface area contributed by atoms with Gasteiger partial charge in [-0.1, -0.05) is 36.2 Å². The molecule has 11 heteroatoms. The van der Waals surface area contributed by atoms with Gasteiger partial charge in [0.1, 0.15) is 18.0 Å². The van der Waals surface area contributed by atoms with Crippen molar-refractivity contribution in [3.63, 3.8) is 0 Å². The Bertz CT molecular complexity index is 1610. The van der Waals surface area contributed by atoms with Crippen molar-refractivity contribution in [2.24, 2.45) is 17.8 Å². The molecular formula is C32H28Cl2N2O7. The lowest BCUT2D eigenvalue weighted by Crippen LogP contribution is -2.52. The smallest absolute Gasteiger partial charge is 0.343 e. The maximum atomic E-state index is 13.8. The van der Waals surface area contributed by atoms with E-state index in [4.69, 9.17) is 32.7 Å². The third-order valence-electron chi connectivity index (χ3n) is 7.79. The van der Waals surface area contributed by atoms with Gasteiger partial charge in [0, 0.05) is 10.6 Å². The molecule has 222 valence electrons. The minimum Gasteiger partial charge on any atom is -0.497 e. The third kappa shape index (κ3) is 6.28. The molecule has 0 spiro atoms. The standard InChI is InChI=1S/C32H28Cl2N2O7/c1-18-6-12-24-26(14-18)31(40)36(30(24)39)35(29(38)25-13-9-21(33)16-27(25)34)17-28(37)19-7-10-22(11-8-19)43-32(41)20-4-3-5-23(15-20)42-2/h3-5,7-11,13,15-16,18,24,26H,6,12,14,17H2,1-2H3/t18-,24-,26+/m1/s1. The first-order valence-electron chi connectivity index (χ1n) is 13.7. The summed E-state index contributed by atoms with van der Waals surface area (Å²) in [6, 6.07) is 16.4. The zero-order chi connectivity index (χ0) is 30.8. The van der Waals surface area contributed by atoms with Crippen LogP contribution in [-0.2, 0) is 9.59 Å². The lowest BCUT2D eigenvalue weighted by Gasteiger charge is -2.30. The normalized spacial score (nSPS) is 19.5. The highest BCUT2D eigenvalue weighted by atomic mass is 35.5. The highest BCUT2D eigenvalue weighted by molar-refractivity contribution is 6.36. The summed E-state index contributed by atoms with van der Waals surface area (Å²) in [7, 11) is 1.49. The fourth-order valence-electron chi connectivity index (χ4n) is 5.50. The SMILES string of the molecule is COc1cccc(C(=O)Oc2ccc(C(=O)CN(C(=O)c3ccc(Cl)cc3Cl)N3C(=O)[C@H]4C[C@H](C)CC[C@H]4C3=O)cc2)c1.